The van der Waals surface area contributed by atoms with Crippen LogP contribution in [-0.4, -0.2) is 49.8 Å². The number of halogens is 2. The summed E-state index contributed by atoms with van der Waals surface area (Å²) < 4.78 is 32.8. The summed E-state index contributed by atoms with van der Waals surface area (Å²) in [6.07, 6.45) is 0.234. The summed E-state index contributed by atoms with van der Waals surface area (Å²) in [6.45, 7) is 3.76. The number of methoxy groups -OCH3 is 1. The zero-order valence-electron chi connectivity index (χ0n) is 23.0. The number of aliphatic hydroxyl groups is 1. The van der Waals surface area contributed by atoms with E-state index in [1.165, 1.54) is 0 Å². The Bertz CT molecular complexity index is 1140. The van der Waals surface area contributed by atoms with Gasteiger partial charge in [0.2, 0.25) is 0 Å². The van der Waals surface area contributed by atoms with Crippen LogP contribution in [0.15, 0.2) is 81.7 Å². The van der Waals surface area contributed by atoms with Gasteiger partial charge in [0.1, 0.15) is 18.0 Å². The van der Waals surface area contributed by atoms with Crippen molar-refractivity contribution in [2.75, 3.05) is 20.3 Å². The highest BCUT2D eigenvalue weighted by molar-refractivity contribution is 9.10. The van der Waals surface area contributed by atoms with Crippen molar-refractivity contribution in [3.63, 3.8) is 0 Å². The molecule has 5 atom stereocenters. The normalized spacial score (nSPS) is 23.4. The highest BCUT2D eigenvalue weighted by Gasteiger charge is 2.36. The Hall–Kier alpha value is -1.78. The summed E-state index contributed by atoms with van der Waals surface area (Å²) in [5.41, 5.74) is 3.21. The molecule has 0 aliphatic carbocycles. The van der Waals surface area contributed by atoms with Crippen LogP contribution in [0.5, 0.6) is 5.75 Å². The molecule has 0 bridgehead atoms. The minimum absolute atomic E-state index is 0.150. The molecule has 0 spiro atoms. The van der Waals surface area contributed by atoms with Crippen LogP contribution in [0.25, 0.3) is 0 Å². The molecule has 1 fully saturated rings. The van der Waals surface area contributed by atoms with Gasteiger partial charge in [-0.1, -0.05) is 75.2 Å². The maximum atomic E-state index is 10.4. The number of hydrogen-bond donors (Lipinski definition) is 1. The van der Waals surface area contributed by atoms with Crippen LogP contribution in [0, 0.1) is 5.92 Å². The minimum atomic E-state index is -0.499. The molecular weight excluding hydrogens is 640 g/mol. The maximum Gasteiger partial charge on any atom is 0.118 e. The van der Waals surface area contributed by atoms with Crippen LogP contribution in [0.2, 0.25) is 0 Å². The summed E-state index contributed by atoms with van der Waals surface area (Å²) in [6, 6.07) is 24.0. The van der Waals surface area contributed by atoms with Crippen molar-refractivity contribution in [2.45, 2.75) is 64.0 Å². The highest BCUT2D eigenvalue weighted by Crippen LogP contribution is 2.29. The third-order valence-electron chi connectivity index (χ3n) is 7.09. The van der Waals surface area contributed by atoms with Gasteiger partial charge in [-0.05, 0) is 71.8 Å². The first-order valence-electron chi connectivity index (χ1n) is 13.6. The molecule has 0 amide bonds. The molecule has 1 aliphatic heterocycles. The van der Waals surface area contributed by atoms with Gasteiger partial charge in [0.05, 0.1) is 52.4 Å². The van der Waals surface area contributed by atoms with Crippen molar-refractivity contribution in [3.8, 4) is 5.75 Å². The van der Waals surface area contributed by atoms with Crippen LogP contribution in [0.3, 0.4) is 0 Å². The smallest absolute Gasteiger partial charge is 0.118 e. The van der Waals surface area contributed by atoms with E-state index in [0.29, 0.717) is 32.3 Å². The van der Waals surface area contributed by atoms with Crippen LogP contribution >= 0.6 is 31.9 Å². The zero-order valence-corrected chi connectivity index (χ0v) is 26.2. The number of ether oxygens (including phenoxy) is 5. The molecule has 0 radical (unpaired) electrons. The van der Waals surface area contributed by atoms with Gasteiger partial charge in [-0.15, -0.1) is 0 Å². The fourth-order valence-corrected chi connectivity index (χ4v) is 5.36. The molecule has 1 heterocycles. The van der Waals surface area contributed by atoms with E-state index in [-0.39, 0.29) is 24.9 Å². The Balaban J connectivity index is 1.45. The lowest BCUT2D eigenvalue weighted by Gasteiger charge is -2.38. The largest absolute Gasteiger partial charge is 0.497 e. The number of aliphatic hydroxyl groups excluding tert-OH is 1. The van der Waals surface area contributed by atoms with E-state index in [1.807, 2.05) is 60.7 Å². The average Bonchev–Trinajstić information content (AvgIpc) is 2.96. The molecule has 3 aromatic rings. The van der Waals surface area contributed by atoms with Gasteiger partial charge in [-0.25, -0.2) is 0 Å². The van der Waals surface area contributed by atoms with Crippen molar-refractivity contribution in [3.05, 3.63) is 98.4 Å². The van der Waals surface area contributed by atoms with Crippen molar-refractivity contribution in [1.29, 1.82) is 0 Å². The summed E-state index contributed by atoms with van der Waals surface area (Å²) in [4.78, 5) is 0. The molecular formula is C32H38Br2O6. The first-order chi connectivity index (χ1) is 19.4. The standard InChI is InChI=1S/C32H38Br2O6/c1-22-15-29(38-20-25-7-13-28(36-2)14-8-25)31(17-35)40-32(21-37-18-23-3-9-26(33)10-4-23)30(16-22)39-19-24-5-11-27(34)12-6-24/h3-14,22,29-32,35H,15-21H2,1-2H3/t22-,29+,30-,31-,32+/m0/s1. The average molecular weight is 678 g/mol. The quantitative estimate of drug-likeness (QED) is 0.221. The van der Waals surface area contributed by atoms with Gasteiger partial charge in [0, 0.05) is 8.95 Å². The lowest BCUT2D eigenvalue weighted by Crippen LogP contribution is -2.47. The third kappa shape index (κ3) is 9.65. The lowest BCUT2D eigenvalue weighted by molar-refractivity contribution is -0.193. The molecule has 40 heavy (non-hydrogen) atoms. The van der Waals surface area contributed by atoms with Gasteiger partial charge in [-0.2, -0.15) is 0 Å². The van der Waals surface area contributed by atoms with Crippen LogP contribution in [-0.2, 0) is 38.8 Å². The number of benzene rings is 3. The van der Waals surface area contributed by atoms with E-state index in [2.05, 4.69) is 50.9 Å². The molecule has 216 valence electrons. The van der Waals surface area contributed by atoms with Crippen molar-refractivity contribution < 1.29 is 28.8 Å². The molecule has 4 rings (SSSR count). The molecule has 0 aromatic heterocycles. The Morgan fingerprint density at radius 3 is 1.70 bits per heavy atom. The first kappa shape index (κ1) is 31.2. The maximum absolute atomic E-state index is 10.4. The van der Waals surface area contributed by atoms with Crippen LogP contribution < -0.4 is 4.74 Å². The van der Waals surface area contributed by atoms with E-state index in [4.69, 9.17) is 23.7 Å². The molecule has 1 saturated heterocycles. The van der Waals surface area contributed by atoms with Gasteiger partial charge in [0.25, 0.3) is 0 Å². The fraction of sp³-hybridized carbons (Fsp3) is 0.438. The topological polar surface area (TPSA) is 66.4 Å². The minimum Gasteiger partial charge on any atom is -0.497 e. The molecule has 6 nitrogen and oxygen atoms in total. The van der Waals surface area contributed by atoms with Gasteiger partial charge in [0.15, 0.2) is 0 Å². The predicted octanol–water partition coefficient (Wildman–Crippen LogP) is 7.08. The van der Waals surface area contributed by atoms with Crippen molar-refractivity contribution in [1.82, 2.24) is 0 Å². The van der Waals surface area contributed by atoms with Crippen molar-refractivity contribution >= 4 is 31.9 Å². The Kier molecular flexibility index (Phi) is 12.5. The summed E-state index contributed by atoms with van der Waals surface area (Å²) >= 11 is 6.97. The third-order valence-corrected chi connectivity index (χ3v) is 8.15. The summed E-state index contributed by atoms with van der Waals surface area (Å²) in [7, 11) is 1.65. The van der Waals surface area contributed by atoms with Gasteiger partial charge >= 0.3 is 0 Å². The highest BCUT2D eigenvalue weighted by atomic mass is 79.9. The number of rotatable bonds is 12. The van der Waals surface area contributed by atoms with E-state index >= 15 is 0 Å². The Labute approximate surface area is 254 Å². The SMILES string of the molecule is COc1ccc(CO[C@@H]2C[C@H](C)C[C@H](OCc3ccc(Br)cc3)[C@@H](COCc3ccc(Br)cc3)O[C@H]2CO)cc1. The van der Waals surface area contributed by atoms with Crippen molar-refractivity contribution in [2.24, 2.45) is 5.92 Å². The second kappa shape index (κ2) is 16.0. The molecule has 3 aromatic carbocycles. The van der Waals surface area contributed by atoms with E-state index in [9.17, 15) is 5.11 Å². The fourth-order valence-electron chi connectivity index (χ4n) is 4.83. The molecule has 1 aliphatic rings. The zero-order chi connectivity index (χ0) is 28.3. The lowest BCUT2D eigenvalue weighted by atomic mass is 9.90. The Morgan fingerprint density at radius 1 is 0.725 bits per heavy atom. The second-order valence-electron chi connectivity index (χ2n) is 10.3. The summed E-state index contributed by atoms with van der Waals surface area (Å²) in [5, 5.41) is 10.4. The second-order valence-corrected chi connectivity index (χ2v) is 12.1. The Morgan fingerprint density at radius 2 is 1.20 bits per heavy atom. The summed E-state index contributed by atoms with van der Waals surface area (Å²) in [5.74, 6) is 1.10. The first-order valence-corrected chi connectivity index (χ1v) is 15.2. The van der Waals surface area contributed by atoms with Crippen LogP contribution in [0.4, 0.5) is 0 Å². The van der Waals surface area contributed by atoms with Gasteiger partial charge < -0.3 is 28.8 Å². The molecule has 0 unspecified atom stereocenters. The molecule has 1 N–H and O–H groups in total. The number of hydrogen-bond acceptors (Lipinski definition) is 6. The van der Waals surface area contributed by atoms with E-state index in [0.717, 1.165) is 44.2 Å². The van der Waals surface area contributed by atoms with Crippen LogP contribution in [0.1, 0.15) is 36.5 Å². The molecule has 0 saturated carbocycles. The van der Waals surface area contributed by atoms with E-state index < -0.39 is 6.10 Å². The molecule has 8 heteroatoms. The van der Waals surface area contributed by atoms with E-state index in [1.54, 1.807) is 7.11 Å². The van der Waals surface area contributed by atoms with Gasteiger partial charge in [-0.3, -0.25) is 0 Å². The predicted molar refractivity (Wildman–Crippen MR) is 162 cm³/mol. The monoisotopic (exact) mass is 676 g/mol.